The topological polar surface area (TPSA) is 33.7 Å². The van der Waals surface area contributed by atoms with E-state index in [1.807, 2.05) is 25.2 Å². The second-order valence-corrected chi connectivity index (χ2v) is 6.11. The molecule has 1 atom stereocenters. The number of benzene rings is 1. The van der Waals surface area contributed by atoms with Gasteiger partial charge in [0.1, 0.15) is 18.5 Å². The van der Waals surface area contributed by atoms with Crippen LogP contribution in [0, 0.1) is 0 Å². The molecule has 0 saturated carbocycles. The summed E-state index contributed by atoms with van der Waals surface area (Å²) in [4.78, 5) is 2.42. The van der Waals surface area contributed by atoms with Crippen LogP contribution in [0.1, 0.15) is 19.4 Å². The maximum absolute atomic E-state index is 6.04. The van der Waals surface area contributed by atoms with Gasteiger partial charge < -0.3 is 14.8 Å². The first-order valence-corrected chi connectivity index (χ1v) is 7.89. The van der Waals surface area contributed by atoms with Crippen molar-refractivity contribution in [1.29, 1.82) is 0 Å². The summed E-state index contributed by atoms with van der Waals surface area (Å²) in [6.07, 6.45) is 0.124. The molecule has 0 radical (unpaired) electrons. The lowest BCUT2D eigenvalue weighted by molar-refractivity contribution is -0.0565. The molecular formula is C16H25ClN2O2. The highest BCUT2D eigenvalue weighted by Crippen LogP contribution is 2.23. The van der Waals surface area contributed by atoms with E-state index in [0.717, 1.165) is 42.6 Å². The average molecular weight is 313 g/mol. The molecule has 0 spiro atoms. The Bertz CT molecular complexity index is 454. The van der Waals surface area contributed by atoms with Crippen molar-refractivity contribution in [3.05, 3.63) is 28.8 Å². The van der Waals surface area contributed by atoms with Gasteiger partial charge in [-0.1, -0.05) is 11.6 Å². The molecule has 5 heteroatoms. The molecule has 1 aromatic rings. The van der Waals surface area contributed by atoms with Gasteiger partial charge in [-0.2, -0.15) is 0 Å². The number of rotatable bonds is 6. The summed E-state index contributed by atoms with van der Waals surface area (Å²) in [5, 5.41) is 3.86. The second-order valence-electron chi connectivity index (χ2n) is 5.67. The van der Waals surface area contributed by atoms with Crippen molar-refractivity contribution < 1.29 is 9.47 Å². The monoisotopic (exact) mass is 312 g/mol. The van der Waals surface area contributed by atoms with E-state index in [9.17, 15) is 0 Å². The zero-order valence-electron chi connectivity index (χ0n) is 13.1. The van der Waals surface area contributed by atoms with Crippen molar-refractivity contribution in [1.82, 2.24) is 10.2 Å². The van der Waals surface area contributed by atoms with Crippen LogP contribution in [0.4, 0.5) is 0 Å². The fourth-order valence-electron chi connectivity index (χ4n) is 2.51. The van der Waals surface area contributed by atoms with E-state index in [1.165, 1.54) is 0 Å². The molecule has 1 aliphatic rings. The predicted molar refractivity (Wildman–Crippen MR) is 86.2 cm³/mol. The average Bonchev–Trinajstić information content (AvgIpc) is 2.47. The number of nitrogens with one attached hydrogen (secondary N) is 1. The number of hydrogen-bond acceptors (Lipinski definition) is 4. The standard InChI is InChI=1S/C16H25ClN2O2/c1-12(2)19-6-7-20-15(10-19)11-21-16-5-4-14(17)8-13(16)9-18-3/h4-5,8,12,15,18H,6-7,9-11H2,1-3H3. The smallest absolute Gasteiger partial charge is 0.124 e. The second kappa shape index (κ2) is 7.99. The van der Waals surface area contributed by atoms with Crippen LogP contribution in [0.3, 0.4) is 0 Å². The first-order valence-electron chi connectivity index (χ1n) is 7.51. The maximum atomic E-state index is 6.04. The van der Waals surface area contributed by atoms with Gasteiger partial charge in [0.15, 0.2) is 0 Å². The van der Waals surface area contributed by atoms with E-state index in [1.54, 1.807) is 0 Å². The van der Waals surface area contributed by atoms with Crippen LogP contribution >= 0.6 is 11.6 Å². The molecule has 1 aromatic carbocycles. The van der Waals surface area contributed by atoms with Crippen LogP contribution in [0.2, 0.25) is 5.02 Å². The Labute approximate surface area is 132 Å². The van der Waals surface area contributed by atoms with E-state index in [0.29, 0.717) is 12.6 Å². The summed E-state index contributed by atoms with van der Waals surface area (Å²) in [7, 11) is 1.91. The first kappa shape index (κ1) is 16.6. The van der Waals surface area contributed by atoms with Crippen LogP contribution in [0.25, 0.3) is 0 Å². The minimum absolute atomic E-state index is 0.124. The van der Waals surface area contributed by atoms with Crippen molar-refractivity contribution in [2.24, 2.45) is 0 Å². The largest absolute Gasteiger partial charge is 0.490 e. The predicted octanol–water partition coefficient (Wildman–Crippen LogP) is 2.55. The number of halogens is 1. The maximum Gasteiger partial charge on any atom is 0.124 e. The molecule has 4 nitrogen and oxygen atoms in total. The van der Waals surface area contributed by atoms with Crippen LogP contribution in [-0.2, 0) is 11.3 Å². The summed E-state index contributed by atoms with van der Waals surface area (Å²) in [5.74, 6) is 0.874. The minimum Gasteiger partial charge on any atom is -0.490 e. The summed E-state index contributed by atoms with van der Waals surface area (Å²) < 4.78 is 11.8. The van der Waals surface area contributed by atoms with Crippen molar-refractivity contribution >= 4 is 11.6 Å². The van der Waals surface area contributed by atoms with Gasteiger partial charge in [0.25, 0.3) is 0 Å². The number of hydrogen-bond donors (Lipinski definition) is 1. The van der Waals surface area contributed by atoms with Crippen molar-refractivity contribution in [3.8, 4) is 5.75 Å². The zero-order valence-corrected chi connectivity index (χ0v) is 13.8. The van der Waals surface area contributed by atoms with Crippen molar-refractivity contribution in [3.63, 3.8) is 0 Å². The molecule has 1 N–H and O–H groups in total. The van der Waals surface area contributed by atoms with Gasteiger partial charge in [-0.3, -0.25) is 4.90 Å². The molecule has 1 saturated heterocycles. The molecule has 118 valence electrons. The Balaban J connectivity index is 1.93. The Hall–Kier alpha value is -0.810. The van der Waals surface area contributed by atoms with Crippen LogP contribution in [0.5, 0.6) is 5.75 Å². The summed E-state index contributed by atoms with van der Waals surface area (Å²) >= 11 is 6.04. The van der Waals surface area contributed by atoms with Crippen molar-refractivity contribution in [2.45, 2.75) is 32.5 Å². The third kappa shape index (κ3) is 4.85. The summed E-state index contributed by atoms with van der Waals surface area (Å²) in [5.41, 5.74) is 1.07. The first-order chi connectivity index (χ1) is 10.1. The highest BCUT2D eigenvalue weighted by atomic mass is 35.5. The molecular weight excluding hydrogens is 288 g/mol. The van der Waals surface area contributed by atoms with E-state index in [2.05, 4.69) is 24.1 Å². The van der Waals surface area contributed by atoms with Gasteiger partial charge in [-0.05, 0) is 39.1 Å². The minimum atomic E-state index is 0.124. The SMILES string of the molecule is CNCc1cc(Cl)ccc1OCC1CN(C(C)C)CCO1. The lowest BCUT2D eigenvalue weighted by Gasteiger charge is -2.35. The Morgan fingerprint density at radius 2 is 2.29 bits per heavy atom. The molecule has 0 aliphatic carbocycles. The third-order valence-corrected chi connectivity index (χ3v) is 3.95. The molecule has 1 heterocycles. The molecule has 1 fully saturated rings. The Kier molecular flexibility index (Phi) is 6.30. The summed E-state index contributed by atoms with van der Waals surface area (Å²) in [6.45, 7) is 8.44. The molecule has 1 unspecified atom stereocenters. The van der Waals surface area contributed by atoms with Gasteiger partial charge in [0.05, 0.1) is 6.61 Å². The van der Waals surface area contributed by atoms with Gasteiger partial charge in [-0.15, -0.1) is 0 Å². The van der Waals surface area contributed by atoms with E-state index < -0.39 is 0 Å². The molecule has 0 amide bonds. The van der Waals surface area contributed by atoms with E-state index >= 15 is 0 Å². The zero-order chi connectivity index (χ0) is 15.2. The lowest BCUT2D eigenvalue weighted by atomic mass is 10.2. The molecule has 21 heavy (non-hydrogen) atoms. The Morgan fingerprint density at radius 3 is 3.00 bits per heavy atom. The molecule has 1 aliphatic heterocycles. The number of morpholine rings is 1. The highest BCUT2D eigenvalue weighted by molar-refractivity contribution is 6.30. The van der Waals surface area contributed by atoms with Crippen LogP contribution in [0.15, 0.2) is 18.2 Å². The fraction of sp³-hybridized carbons (Fsp3) is 0.625. The Morgan fingerprint density at radius 1 is 1.48 bits per heavy atom. The number of nitrogens with zero attached hydrogens (tertiary/aromatic N) is 1. The van der Waals surface area contributed by atoms with E-state index in [-0.39, 0.29) is 6.10 Å². The molecule has 0 aromatic heterocycles. The quantitative estimate of drug-likeness (QED) is 0.875. The van der Waals surface area contributed by atoms with Crippen LogP contribution < -0.4 is 10.1 Å². The fourth-order valence-corrected chi connectivity index (χ4v) is 2.71. The van der Waals surface area contributed by atoms with Crippen molar-refractivity contribution in [2.75, 3.05) is 33.4 Å². The molecule has 2 rings (SSSR count). The van der Waals surface area contributed by atoms with Gasteiger partial charge in [-0.25, -0.2) is 0 Å². The normalized spacial score (nSPS) is 20.0. The third-order valence-electron chi connectivity index (χ3n) is 3.71. The van der Waals surface area contributed by atoms with Gasteiger partial charge in [0.2, 0.25) is 0 Å². The highest BCUT2D eigenvalue weighted by Gasteiger charge is 2.22. The van der Waals surface area contributed by atoms with Gasteiger partial charge in [0, 0.05) is 36.3 Å². The lowest BCUT2D eigenvalue weighted by Crippen LogP contribution is -2.47. The molecule has 0 bridgehead atoms. The van der Waals surface area contributed by atoms with E-state index in [4.69, 9.17) is 21.1 Å². The van der Waals surface area contributed by atoms with Gasteiger partial charge >= 0.3 is 0 Å². The van der Waals surface area contributed by atoms with Crippen LogP contribution in [-0.4, -0.2) is 50.4 Å². The summed E-state index contributed by atoms with van der Waals surface area (Å²) in [6, 6.07) is 6.28. The number of ether oxygens (including phenoxy) is 2.